The molecule has 0 aromatic rings. The second-order valence-corrected chi connectivity index (χ2v) is 9.86. The Morgan fingerprint density at radius 2 is 1.96 bits per heavy atom. The third-order valence-electron chi connectivity index (χ3n) is 8.94. The minimum atomic E-state index is -0.694. The van der Waals surface area contributed by atoms with Gasteiger partial charge in [-0.25, -0.2) is 0 Å². The van der Waals surface area contributed by atoms with E-state index >= 15 is 0 Å². The fourth-order valence-electron chi connectivity index (χ4n) is 7.35. The summed E-state index contributed by atoms with van der Waals surface area (Å²) in [6.45, 7) is 10.2. The first kappa shape index (κ1) is 18.3. The summed E-state index contributed by atoms with van der Waals surface area (Å²) in [5.74, 6) is 1.80. The van der Waals surface area contributed by atoms with Gasteiger partial charge in [-0.2, -0.15) is 0 Å². The van der Waals surface area contributed by atoms with Gasteiger partial charge in [0.05, 0.1) is 5.60 Å². The van der Waals surface area contributed by atoms with Gasteiger partial charge in [-0.3, -0.25) is 4.79 Å². The molecule has 0 radical (unpaired) electrons. The van der Waals surface area contributed by atoms with Crippen LogP contribution in [-0.2, 0) is 9.53 Å². The van der Waals surface area contributed by atoms with Gasteiger partial charge in [0.2, 0.25) is 0 Å². The predicted molar refractivity (Wildman–Crippen MR) is 102 cm³/mol. The number of carbonyl (C=O) groups excluding carboxylic acids is 1. The molecule has 0 aromatic carbocycles. The predicted octanol–water partition coefficient (Wildman–Crippen LogP) is 4.80. The van der Waals surface area contributed by atoms with Crippen LogP contribution in [-0.4, -0.2) is 22.8 Å². The van der Waals surface area contributed by atoms with Crippen LogP contribution in [0.1, 0.15) is 72.1 Å². The van der Waals surface area contributed by atoms with Gasteiger partial charge in [0.1, 0.15) is 6.10 Å². The van der Waals surface area contributed by atoms with Crippen molar-refractivity contribution in [3.8, 4) is 0 Å². The maximum atomic E-state index is 11.4. The highest BCUT2D eigenvalue weighted by atomic mass is 16.5. The fraction of sp³-hybridized carbons (Fsp3) is 0.783. The van der Waals surface area contributed by atoms with Gasteiger partial charge < -0.3 is 9.84 Å². The molecule has 4 aliphatic carbocycles. The molecule has 0 bridgehead atoms. The summed E-state index contributed by atoms with van der Waals surface area (Å²) in [5, 5.41) is 11.2. The van der Waals surface area contributed by atoms with Crippen LogP contribution in [0.4, 0.5) is 0 Å². The average molecular weight is 359 g/mol. The van der Waals surface area contributed by atoms with E-state index in [1.165, 1.54) is 18.9 Å². The lowest BCUT2D eigenvalue weighted by molar-refractivity contribution is -0.149. The van der Waals surface area contributed by atoms with E-state index in [4.69, 9.17) is 4.74 Å². The Hall–Kier alpha value is -1.09. The van der Waals surface area contributed by atoms with Gasteiger partial charge in [0, 0.05) is 18.8 Å². The van der Waals surface area contributed by atoms with Crippen LogP contribution in [0.5, 0.6) is 0 Å². The van der Waals surface area contributed by atoms with E-state index in [2.05, 4.69) is 26.5 Å². The largest absolute Gasteiger partial charge is 0.462 e. The van der Waals surface area contributed by atoms with Gasteiger partial charge >= 0.3 is 5.97 Å². The molecule has 0 unspecified atom stereocenters. The second kappa shape index (κ2) is 5.95. The van der Waals surface area contributed by atoms with E-state index in [1.807, 2.05) is 6.08 Å². The van der Waals surface area contributed by atoms with E-state index in [-0.39, 0.29) is 22.9 Å². The maximum Gasteiger partial charge on any atom is 0.302 e. The molecule has 0 aliphatic heterocycles. The van der Waals surface area contributed by atoms with Crippen molar-refractivity contribution in [3.05, 3.63) is 24.3 Å². The van der Waals surface area contributed by atoms with Crippen molar-refractivity contribution in [1.82, 2.24) is 0 Å². The lowest BCUT2D eigenvalue weighted by Gasteiger charge is -2.58. The quantitative estimate of drug-likeness (QED) is 0.570. The zero-order valence-corrected chi connectivity index (χ0v) is 16.6. The molecule has 7 atom stereocenters. The van der Waals surface area contributed by atoms with E-state index < -0.39 is 5.60 Å². The second-order valence-electron chi connectivity index (χ2n) is 9.86. The van der Waals surface area contributed by atoms with Gasteiger partial charge in [-0.15, -0.1) is 6.58 Å². The summed E-state index contributed by atoms with van der Waals surface area (Å²) in [7, 11) is 0. The molecule has 3 fully saturated rings. The lowest BCUT2D eigenvalue weighted by Crippen LogP contribution is -2.54. The van der Waals surface area contributed by atoms with Crippen molar-refractivity contribution in [2.45, 2.75) is 83.8 Å². The summed E-state index contributed by atoms with van der Waals surface area (Å²) in [5.41, 5.74) is 1.06. The Labute approximate surface area is 157 Å². The molecule has 0 saturated heterocycles. The number of carbonyl (C=O) groups is 1. The van der Waals surface area contributed by atoms with Crippen LogP contribution < -0.4 is 0 Å². The Morgan fingerprint density at radius 3 is 2.65 bits per heavy atom. The highest BCUT2D eigenvalue weighted by molar-refractivity contribution is 5.66. The smallest absolute Gasteiger partial charge is 0.302 e. The molecule has 4 aliphatic rings. The minimum Gasteiger partial charge on any atom is -0.462 e. The summed E-state index contributed by atoms with van der Waals surface area (Å²) in [4.78, 5) is 11.4. The molecular weight excluding hydrogens is 324 g/mol. The Balaban J connectivity index is 1.61. The van der Waals surface area contributed by atoms with Crippen molar-refractivity contribution >= 4 is 5.97 Å². The molecule has 1 N–H and O–H groups in total. The molecule has 0 heterocycles. The molecule has 26 heavy (non-hydrogen) atoms. The highest BCUT2D eigenvalue weighted by Crippen LogP contribution is 2.67. The van der Waals surface area contributed by atoms with Crippen molar-refractivity contribution in [2.24, 2.45) is 28.6 Å². The Bertz CT molecular complexity index is 652. The molecular formula is C23H34O3. The highest BCUT2D eigenvalue weighted by Gasteiger charge is 2.62. The number of hydrogen-bond acceptors (Lipinski definition) is 3. The van der Waals surface area contributed by atoms with Crippen molar-refractivity contribution in [1.29, 1.82) is 0 Å². The van der Waals surface area contributed by atoms with Crippen molar-refractivity contribution < 1.29 is 14.6 Å². The molecule has 4 rings (SSSR count). The number of aliphatic hydroxyl groups is 1. The minimum absolute atomic E-state index is 0.0213. The molecule has 0 aromatic heterocycles. The van der Waals surface area contributed by atoms with Crippen LogP contribution in [0.3, 0.4) is 0 Å². The zero-order valence-electron chi connectivity index (χ0n) is 16.6. The van der Waals surface area contributed by atoms with E-state index in [0.717, 1.165) is 44.9 Å². The number of esters is 1. The van der Waals surface area contributed by atoms with Gasteiger partial charge in [-0.1, -0.05) is 31.6 Å². The number of rotatable bonds is 2. The van der Waals surface area contributed by atoms with Crippen LogP contribution in [0.25, 0.3) is 0 Å². The summed E-state index contributed by atoms with van der Waals surface area (Å²) >= 11 is 0. The number of hydrogen-bond donors (Lipinski definition) is 1. The van der Waals surface area contributed by atoms with Crippen LogP contribution in [0.15, 0.2) is 24.3 Å². The summed E-state index contributed by atoms with van der Waals surface area (Å²) < 4.78 is 5.52. The molecule has 3 saturated carbocycles. The first-order chi connectivity index (χ1) is 12.2. The standard InChI is InChI=1S/C23H34O3/c1-5-23(25)13-10-20-18-7-6-16-14-17(26-15(2)24)8-11-21(16,3)19(18)9-12-22(20,23)4/h5-6,17-20,25H,1,7-14H2,2-4H3/t17-,18-,19-,20-,21+,22-,23-/m1/s1. The number of allylic oxidation sites excluding steroid dienone is 1. The topological polar surface area (TPSA) is 46.5 Å². The van der Waals surface area contributed by atoms with Gasteiger partial charge in [0.25, 0.3) is 0 Å². The molecule has 0 spiro atoms. The Kier molecular flexibility index (Phi) is 4.19. The van der Waals surface area contributed by atoms with E-state index in [9.17, 15) is 9.90 Å². The maximum absolute atomic E-state index is 11.4. The summed E-state index contributed by atoms with van der Waals surface area (Å²) in [6.07, 6.45) is 12.8. The lowest BCUT2D eigenvalue weighted by atomic mass is 9.47. The third-order valence-corrected chi connectivity index (χ3v) is 8.94. The zero-order chi connectivity index (χ0) is 18.7. The Morgan fingerprint density at radius 1 is 1.23 bits per heavy atom. The van der Waals surface area contributed by atoms with Gasteiger partial charge in [0.15, 0.2) is 0 Å². The van der Waals surface area contributed by atoms with Gasteiger partial charge in [-0.05, 0) is 68.1 Å². The third kappa shape index (κ3) is 2.38. The SMILES string of the molecule is C=C[C@@]1(O)CC[C@@H]2[C@@H]3CC=C4C[C@H](OC(C)=O)CC[C@]4(C)[C@@H]3CC[C@]21C. The normalized spacial score (nSPS) is 50.1. The molecule has 3 nitrogen and oxygen atoms in total. The van der Waals surface area contributed by atoms with E-state index in [1.54, 1.807) is 0 Å². The first-order valence-corrected chi connectivity index (χ1v) is 10.5. The van der Waals surface area contributed by atoms with Crippen molar-refractivity contribution in [3.63, 3.8) is 0 Å². The van der Waals surface area contributed by atoms with E-state index in [0.29, 0.717) is 17.8 Å². The molecule has 144 valence electrons. The fourth-order valence-corrected chi connectivity index (χ4v) is 7.35. The summed E-state index contributed by atoms with van der Waals surface area (Å²) in [6, 6.07) is 0. The monoisotopic (exact) mass is 358 g/mol. The molecule has 0 amide bonds. The first-order valence-electron chi connectivity index (χ1n) is 10.5. The van der Waals surface area contributed by atoms with Crippen LogP contribution in [0.2, 0.25) is 0 Å². The number of fused-ring (bicyclic) bond motifs is 5. The molecule has 3 heteroatoms. The number of ether oxygens (including phenoxy) is 1. The van der Waals surface area contributed by atoms with Crippen LogP contribution >= 0.6 is 0 Å². The van der Waals surface area contributed by atoms with Crippen molar-refractivity contribution in [2.75, 3.05) is 0 Å². The van der Waals surface area contributed by atoms with Crippen LogP contribution in [0, 0.1) is 28.6 Å². The average Bonchev–Trinajstić information content (AvgIpc) is 2.87.